The molecule has 0 bridgehead atoms. The van der Waals surface area contributed by atoms with Gasteiger partial charge in [0.05, 0.1) is 24.0 Å². The van der Waals surface area contributed by atoms with Crippen LogP contribution in [0.3, 0.4) is 0 Å². The highest BCUT2D eigenvalue weighted by atomic mass is 32.2. The summed E-state index contributed by atoms with van der Waals surface area (Å²) in [4.78, 5) is 58.9. The molecule has 0 saturated carbocycles. The number of nitrogens with one attached hydrogen (secondary N) is 1. The molecular weight excluding hydrogens is 466 g/mol. The first kappa shape index (κ1) is 22.9. The van der Waals surface area contributed by atoms with E-state index in [4.69, 9.17) is 17.0 Å². The number of carbonyl (C=O) groups excluding carboxylic acids is 3. The van der Waals surface area contributed by atoms with Crippen molar-refractivity contribution in [3.8, 4) is 0 Å². The lowest BCUT2D eigenvalue weighted by Gasteiger charge is -2.36. The van der Waals surface area contributed by atoms with Crippen LogP contribution in [0.2, 0.25) is 0 Å². The lowest BCUT2D eigenvalue weighted by atomic mass is 10.1. The van der Waals surface area contributed by atoms with Gasteiger partial charge in [0.15, 0.2) is 0 Å². The van der Waals surface area contributed by atoms with Gasteiger partial charge in [0.1, 0.15) is 21.8 Å². The number of piperazine rings is 1. The molecule has 0 spiro atoms. The van der Waals surface area contributed by atoms with E-state index in [2.05, 4.69) is 10.3 Å². The first-order chi connectivity index (χ1) is 15.8. The van der Waals surface area contributed by atoms with E-state index in [1.54, 1.807) is 29.3 Å². The van der Waals surface area contributed by atoms with E-state index in [-0.39, 0.29) is 29.6 Å². The number of ether oxygens (including phenoxy) is 1. The summed E-state index contributed by atoms with van der Waals surface area (Å²) in [5.74, 6) is -1.01. The van der Waals surface area contributed by atoms with Crippen LogP contribution >= 0.6 is 24.0 Å². The van der Waals surface area contributed by atoms with Gasteiger partial charge in [-0.15, -0.1) is 0 Å². The number of thioether (sulfide) groups is 1. The third-order valence-corrected chi connectivity index (χ3v) is 6.78. The Balaban J connectivity index is 1.90. The number of rotatable bonds is 5. The Bertz CT molecular complexity index is 1260. The fourth-order valence-electron chi connectivity index (χ4n) is 3.75. The Morgan fingerprint density at radius 2 is 2.15 bits per heavy atom. The topological polar surface area (TPSA) is 113 Å². The standard InChI is InChI=1S/C21H21N5O5S2/c1-3-24-20(30)14(33-21(24)32)10-12-17(23-15-6-4-5-8-26(15)19(12)29)25-9-7-22-18(28)13(25)11-16(27)31-2/h4-6,8,10,13H,3,7,9,11H2,1-2H3,(H,22,28). The third kappa shape index (κ3) is 4.23. The summed E-state index contributed by atoms with van der Waals surface area (Å²) in [7, 11) is 1.25. The van der Waals surface area contributed by atoms with Gasteiger partial charge in [0.2, 0.25) is 5.91 Å². The Morgan fingerprint density at radius 3 is 2.85 bits per heavy atom. The second-order valence-electron chi connectivity index (χ2n) is 7.29. The smallest absolute Gasteiger partial charge is 0.308 e. The number of aromatic nitrogens is 2. The van der Waals surface area contributed by atoms with Crippen molar-refractivity contribution in [2.45, 2.75) is 19.4 Å². The molecule has 0 aliphatic carbocycles. The number of likely N-dealkylation sites (N-methyl/N-ethyl adjacent to an activating group) is 1. The van der Waals surface area contributed by atoms with E-state index >= 15 is 0 Å². The summed E-state index contributed by atoms with van der Waals surface area (Å²) in [5, 5.41) is 2.74. The summed E-state index contributed by atoms with van der Waals surface area (Å²) >= 11 is 6.39. The van der Waals surface area contributed by atoms with E-state index in [9.17, 15) is 19.2 Å². The van der Waals surface area contributed by atoms with Crippen molar-refractivity contribution in [2.75, 3.05) is 31.6 Å². The molecule has 2 amide bonds. The van der Waals surface area contributed by atoms with Crippen LogP contribution in [0.25, 0.3) is 11.7 Å². The van der Waals surface area contributed by atoms with Gasteiger partial charge in [-0.1, -0.05) is 30.0 Å². The molecule has 1 atom stereocenters. The van der Waals surface area contributed by atoms with E-state index < -0.39 is 17.6 Å². The molecule has 1 unspecified atom stereocenters. The maximum atomic E-state index is 13.5. The van der Waals surface area contributed by atoms with Crippen LogP contribution < -0.4 is 15.8 Å². The van der Waals surface area contributed by atoms with Gasteiger partial charge in [-0.05, 0) is 25.1 Å². The molecule has 12 heteroatoms. The molecule has 2 fully saturated rings. The zero-order valence-corrected chi connectivity index (χ0v) is 19.6. The molecule has 2 aromatic heterocycles. The highest BCUT2D eigenvalue weighted by molar-refractivity contribution is 8.26. The van der Waals surface area contributed by atoms with Gasteiger partial charge in [-0.3, -0.25) is 28.5 Å². The number of esters is 1. The SMILES string of the molecule is CCN1C(=O)C(=Cc2c(N3CCNC(=O)C3CC(=O)OC)nc3ccccn3c2=O)SC1=S. The molecule has 2 aliphatic heterocycles. The van der Waals surface area contributed by atoms with Crippen LogP contribution in [-0.2, 0) is 19.1 Å². The fourth-order valence-corrected chi connectivity index (χ4v) is 5.12. The Labute approximate surface area is 198 Å². The summed E-state index contributed by atoms with van der Waals surface area (Å²) in [5.41, 5.74) is 0.110. The maximum absolute atomic E-state index is 13.5. The second-order valence-corrected chi connectivity index (χ2v) is 8.97. The highest BCUT2D eigenvalue weighted by Crippen LogP contribution is 2.33. The third-order valence-electron chi connectivity index (χ3n) is 5.40. The number of amides is 2. The van der Waals surface area contributed by atoms with Gasteiger partial charge in [-0.2, -0.15) is 0 Å². The molecule has 172 valence electrons. The number of methoxy groups -OCH3 is 1. The number of hydrogen-bond acceptors (Lipinski definition) is 9. The number of pyridine rings is 1. The normalized spacial score (nSPS) is 20.0. The van der Waals surface area contributed by atoms with Crippen molar-refractivity contribution >= 4 is 63.6 Å². The number of thiocarbonyl (C=S) groups is 1. The molecule has 0 radical (unpaired) electrons. The molecule has 2 aromatic rings. The number of fused-ring (bicyclic) bond motifs is 1. The predicted molar refractivity (Wildman–Crippen MR) is 128 cm³/mol. The fraction of sp³-hybridized carbons (Fsp3) is 0.333. The number of carbonyl (C=O) groups is 3. The molecule has 2 aliphatic rings. The molecule has 4 rings (SSSR count). The largest absolute Gasteiger partial charge is 0.469 e. The van der Waals surface area contributed by atoms with E-state index in [1.807, 2.05) is 6.92 Å². The minimum Gasteiger partial charge on any atom is -0.469 e. The molecule has 33 heavy (non-hydrogen) atoms. The predicted octanol–water partition coefficient (Wildman–Crippen LogP) is 0.784. The van der Waals surface area contributed by atoms with Crippen molar-refractivity contribution in [3.63, 3.8) is 0 Å². The van der Waals surface area contributed by atoms with Gasteiger partial charge in [-0.25, -0.2) is 4.98 Å². The minimum absolute atomic E-state index is 0.139. The zero-order chi connectivity index (χ0) is 23.7. The highest BCUT2D eigenvalue weighted by Gasteiger charge is 2.36. The number of anilines is 1. The minimum atomic E-state index is -0.915. The maximum Gasteiger partial charge on any atom is 0.308 e. The second kappa shape index (κ2) is 9.32. The van der Waals surface area contributed by atoms with Crippen molar-refractivity contribution in [3.05, 3.63) is 45.2 Å². The molecule has 4 heterocycles. The summed E-state index contributed by atoms with van der Waals surface area (Å²) in [6.07, 6.45) is 2.84. The van der Waals surface area contributed by atoms with Gasteiger partial charge < -0.3 is 15.0 Å². The lowest BCUT2D eigenvalue weighted by molar-refractivity contribution is -0.143. The number of nitrogens with zero attached hydrogens (tertiary/aromatic N) is 4. The molecule has 10 nitrogen and oxygen atoms in total. The Morgan fingerprint density at radius 1 is 1.36 bits per heavy atom. The molecular formula is C21H21N5O5S2. The van der Waals surface area contributed by atoms with Crippen molar-refractivity contribution in [1.29, 1.82) is 0 Å². The molecule has 2 saturated heterocycles. The van der Waals surface area contributed by atoms with E-state index in [1.165, 1.54) is 22.5 Å². The first-order valence-corrected chi connectivity index (χ1v) is 11.5. The Kier molecular flexibility index (Phi) is 6.47. The van der Waals surface area contributed by atoms with Crippen LogP contribution in [0.4, 0.5) is 5.82 Å². The van der Waals surface area contributed by atoms with Crippen LogP contribution in [0.15, 0.2) is 34.1 Å². The van der Waals surface area contributed by atoms with E-state index in [0.29, 0.717) is 34.5 Å². The summed E-state index contributed by atoms with van der Waals surface area (Å²) in [6, 6.07) is 4.20. The van der Waals surface area contributed by atoms with Crippen LogP contribution in [-0.4, -0.2) is 69.2 Å². The Hall–Kier alpha value is -3.25. The van der Waals surface area contributed by atoms with Crippen molar-refractivity contribution < 1.29 is 19.1 Å². The van der Waals surface area contributed by atoms with Crippen LogP contribution in [0.5, 0.6) is 0 Å². The van der Waals surface area contributed by atoms with Crippen LogP contribution in [0.1, 0.15) is 18.9 Å². The molecule has 1 N–H and O–H groups in total. The average Bonchev–Trinajstić information content (AvgIpc) is 3.08. The van der Waals surface area contributed by atoms with Crippen LogP contribution in [0, 0.1) is 0 Å². The average molecular weight is 488 g/mol. The van der Waals surface area contributed by atoms with Gasteiger partial charge in [0, 0.05) is 25.8 Å². The lowest BCUT2D eigenvalue weighted by Crippen LogP contribution is -2.57. The first-order valence-electron chi connectivity index (χ1n) is 10.2. The number of hydrogen-bond donors (Lipinski definition) is 1. The van der Waals surface area contributed by atoms with Gasteiger partial charge >= 0.3 is 5.97 Å². The monoisotopic (exact) mass is 487 g/mol. The zero-order valence-electron chi connectivity index (χ0n) is 17.9. The van der Waals surface area contributed by atoms with Crippen molar-refractivity contribution in [2.24, 2.45) is 0 Å². The summed E-state index contributed by atoms with van der Waals surface area (Å²) in [6.45, 7) is 2.86. The van der Waals surface area contributed by atoms with Crippen molar-refractivity contribution in [1.82, 2.24) is 19.6 Å². The van der Waals surface area contributed by atoms with E-state index in [0.717, 1.165) is 11.8 Å². The molecule has 0 aromatic carbocycles. The quantitative estimate of drug-likeness (QED) is 0.371. The van der Waals surface area contributed by atoms with Gasteiger partial charge in [0.25, 0.3) is 11.5 Å². The summed E-state index contributed by atoms with van der Waals surface area (Å²) < 4.78 is 6.53.